The summed E-state index contributed by atoms with van der Waals surface area (Å²) < 4.78 is 0. The van der Waals surface area contributed by atoms with Crippen LogP contribution in [0.3, 0.4) is 0 Å². The second-order valence-corrected chi connectivity index (χ2v) is 2.31. The second-order valence-electron chi connectivity index (χ2n) is 2.31. The van der Waals surface area contributed by atoms with Crippen LogP contribution in [0.15, 0.2) is 0 Å². The molecule has 0 heterocycles. The molecule has 70 valence electrons. The Balaban J connectivity index is 0. The number of nitrogens with two attached hydrogens (primary N) is 1. The first kappa shape index (κ1) is 13.5. The van der Waals surface area contributed by atoms with Crippen LogP contribution in [0.4, 0.5) is 0 Å². The van der Waals surface area contributed by atoms with Crippen molar-refractivity contribution in [3.63, 3.8) is 0 Å². The summed E-state index contributed by atoms with van der Waals surface area (Å²) in [5, 5.41) is 6.28. The summed E-state index contributed by atoms with van der Waals surface area (Å²) in [6.45, 7) is 10.8. The topological polar surface area (TPSA) is 50.1 Å². The maximum absolute atomic E-state index is 5.21. The smallest absolute Gasteiger partial charge is 0.0429 e. The van der Waals surface area contributed by atoms with Crippen LogP contribution in [0.5, 0.6) is 0 Å². The average Bonchev–Trinajstić information content (AvgIpc) is 2.02. The van der Waals surface area contributed by atoms with E-state index in [0.29, 0.717) is 12.7 Å². The van der Waals surface area contributed by atoms with Crippen molar-refractivity contribution in [3.8, 4) is 0 Å². The van der Waals surface area contributed by atoms with Gasteiger partial charge in [-0.1, -0.05) is 27.7 Å². The van der Waals surface area contributed by atoms with Crippen molar-refractivity contribution in [2.45, 2.75) is 33.7 Å². The molecule has 0 saturated heterocycles. The Hall–Kier alpha value is -0.120. The molecule has 0 unspecified atom stereocenters. The van der Waals surface area contributed by atoms with Gasteiger partial charge in [-0.15, -0.1) is 0 Å². The minimum Gasteiger partial charge on any atom is -0.318 e. The minimum absolute atomic E-state index is 0.569. The summed E-state index contributed by atoms with van der Waals surface area (Å²) in [5.41, 5.74) is 5.21. The van der Waals surface area contributed by atoms with Gasteiger partial charge in [-0.3, -0.25) is 0 Å². The molecule has 0 aromatic heterocycles. The molecule has 0 aliphatic carbocycles. The number of hydrogen-bond acceptors (Lipinski definition) is 3. The maximum atomic E-state index is 5.21. The van der Waals surface area contributed by atoms with Gasteiger partial charge in [0, 0.05) is 25.8 Å². The van der Waals surface area contributed by atoms with E-state index in [2.05, 4.69) is 24.5 Å². The van der Waals surface area contributed by atoms with Crippen molar-refractivity contribution in [1.29, 1.82) is 0 Å². The van der Waals surface area contributed by atoms with Gasteiger partial charge < -0.3 is 16.4 Å². The highest BCUT2D eigenvalue weighted by Crippen LogP contribution is 1.71. The first-order valence-electron chi connectivity index (χ1n) is 4.41. The van der Waals surface area contributed by atoms with E-state index in [0.717, 1.165) is 13.1 Å². The lowest BCUT2D eigenvalue weighted by Crippen LogP contribution is -2.33. The van der Waals surface area contributed by atoms with Gasteiger partial charge in [-0.05, 0) is 0 Å². The molecule has 0 amide bonds. The van der Waals surface area contributed by atoms with E-state index in [1.165, 1.54) is 0 Å². The molecule has 0 fully saturated rings. The van der Waals surface area contributed by atoms with Crippen LogP contribution in [0, 0.1) is 0 Å². The number of nitrogens with one attached hydrogen (secondary N) is 2. The van der Waals surface area contributed by atoms with Crippen molar-refractivity contribution < 1.29 is 0 Å². The Bertz CT molecular complexity index is 55.3. The summed E-state index contributed by atoms with van der Waals surface area (Å²) in [6, 6.07) is 0.574. The highest BCUT2D eigenvalue weighted by Gasteiger charge is 1.88. The zero-order valence-electron chi connectivity index (χ0n) is 8.28. The molecule has 0 rings (SSSR count). The van der Waals surface area contributed by atoms with E-state index in [1.807, 2.05) is 13.8 Å². The van der Waals surface area contributed by atoms with Crippen molar-refractivity contribution in [3.05, 3.63) is 0 Å². The SMILES string of the molecule is CC.CC(C)NCCNCN. The van der Waals surface area contributed by atoms with E-state index in [1.54, 1.807) is 0 Å². The van der Waals surface area contributed by atoms with Crippen LogP contribution in [0.1, 0.15) is 27.7 Å². The zero-order chi connectivity index (χ0) is 9.11. The Morgan fingerprint density at radius 2 is 1.73 bits per heavy atom. The largest absolute Gasteiger partial charge is 0.318 e. The van der Waals surface area contributed by atoms with E-state index in [-0.39, 0.29) is 0 Å². The van der Waals surface area contributed by atoms with E-state index >= 15 is 0 Å². The second kappa shape index (κ2) is 12.5. The average molecular weight is 161 g/mol. The van der Waals surface area contributed by atoms with Crippen molar-refractivity contribution in [2.24, 2.45) is 5.73 Å². The molecule has 0 saturated carbocycles. The fourth-order valence-corrected chi connectivity index (χ4v) is 0.551. The van der Waals surface area contributed by atoms with Gasteiger partial charge in [0.1, 0.15) is 0 Å². The highest BCUT2D eigenvalue weighted by molar-refractivity contribution is 4.53. The molecule has 3 heteroatoms. The van der Waals surface area contributed by atoms with Gasteiger partial charge in [0.25, 0.3) is 0 Å². The van der Waals surface area contributed by atoms with Gasteiger partial charge in [0.15, 0.2) is 0 Å². The third kappa shape index (κ3) is 17.7. The molecule has 0 aromatic carbocycles. The molecule has 0 aromatic rings. The summed E-state index contributed by atoms with van der Waals surface area (Å²) >= 11 is 0. The van der Waals surface area contributed by atoms with Crippen molar-refractivity contribution in [1.82, 2.24) is 10.6 Å². The molecule has 0 aliphatic heterocycles. The Morgan fingerprint density at radius 1 is 1.18 bits per heavy atom. The first-order chi connectivity index (χ1) is 5.27. The highest BCUT2D eigenvalue weighted by atomic mass is 15.0. The molecule has 3 nitrogen and oxygen atoms in total. The Labute approximate surface area is 70.7 Å². The predicted octanol–water partition coefficient (Wildman–Crippen LogP) is 0.516. The lowest BCUT2D eigenvalue weighted by atomic mass is 10.4. The Kier molecular flexibility index (Phi) is 15.4. The predicted molar refractivity (Wildman–Crippen MR) is 51.5 cm³/mol. The monoisotopic (exact) mass is 161 g/mol. The summed E-state index contributed by atoms with van der Waals surface area (Å²) in [7, 11) is 0. The number of rotatable bonds is 5. The molecule has 0 radical (unpaired) electrons. The molecule has 0 bridgehead atoms. The zero-order valence-corrected chi connectivity index (χ0v) is 8.28. The van der Waals surface area contributed by atoms with E-state index in [4.69, 9.17) is 5.73 Å². The fourth-order valence-electron chi connectivity index (χ4n) is 0.551. The van der Waals surface area contributed by atoms with Crippen LogP contribution in [0.25, 0.3) is 0 Å². The van der Waals surface area contributed by atoms with Gasteiger partial charge in [-0.25, -0.2) is 0 Å². The van der Waals surface area contributed by atoms with Crippen LogP contribution in [-0.2, 0) is 0 Å². The molecule has 11 heavy (non-hydrogen) atoms. The molecule has 0 aliphatic rings. The van der Waals surface area contributed by atoms with Gasteiger partial charge >= 0.3 is 0 Å². The minimum atomic E-state index is 0.569. The lowest BCUT2D eigenvalue weighted by Gasteiger charge is -2.06. The van der Waals surface area contributed by atoms with Crippen LogP contribution in [-0.4, -0.2) is 25.8 Å². The van der Waals surface area contributed by atoms with Gasteiger partial charge in [0.05, 0.1) is 0 Å². The number of hydrogen-bond donors (Lipinski definition) is 3. The normalized spacial score (nSPS) is 9.27. The molecular weight excluding hydrogens is 138 g/mol. The quantitative estimate of drug-likeness (QED) is 0.407. The van der Waals surface area contributed by atoms with Crippen LogP contribution < -0.4 is 16.4 Å². The van der Waals surface area contributed by atoms with Gasteiger partial charge in [-0.2, -0.15) is 0 Å². The van der Waals surface area contributed by atoms with E-state index < -0.39 is 0 Å². The fraction of sp³-hybridized carbons (Fsp3) is 1.00. The Morgan fingerprint density at radius 3 is 2.09 bits per heavy atom. The third-order valence-electron chi connectivity index (χ3n) is 0.999. The molecule has 0 atom stereocenters. The molecular formula is C8H23N3. The van der Waals surface area contributed by atoms with Crippen LogP contribution >= 0.6 is 0 Å². The standard InChI is InChI=1S/C6H17N3.C2H6/c1-6(2)9-4-3-8-5-7;1-2/h6,8-9H,3-5,7H2,1-2H3;1-2H3. The molecule has 4 N–H and O–H groups in total. The molecule has 0 spiro atoms. The van der Waals surface area contributed by atoms with Crippen LogP contribution in [0.2, 0.25) is 0 Å². The summed E-state index contributed by atoms with van der Waals surface area (Å²) in [6.07, 6.45) is 0. The van der Waals surface area contributed by atoms with E-state index in [9.17, 15) is 0 Å². The summed E-state index contributed by atoms with van der Waals surface area (Å²) in [4.78, 5) is 0. The van der Waals surface area contributed by atoms with Gasteiger partial charge in [0.2, 0.25) is 0 Å². The van der Waals surface area contributed by atoms with Crippen molar-refractivity contribution >= 4 is 0 Å². The third-order valence-corrected chi connectivity index (χ3v) is 0.999. The maximum Gasteiger partial charge on any atom is 0.0429 e. The van der Waals surface area contributed by atoms with Crippen molar-refractivity contribution in [2.75, 3.05) is 19.8 Å². The lowest BCUT2D eigenvalue weighted by molar-refractivity contribution is 0.560. The first-order valence-corrected chi connectivity index (χ1v) is 4.41. The summed E-state index contributed by atoms with van der Waals surface area (Å²) in [5.74, 6) is 0.